The number of hydrogen-bond donors (Lipinski definition) is 0. The maximum atomic E-state index is 13.2. The largest absolute Gasteiger partial charge is 0.456 e. The minimum atomic E-state index is -4.61. The molecular weight excluding hydrogens is 732 g/mol. The van der Waals surface area contributed by atoms with Gasteiger partial charge in [0.25, 0.3) is 30.4 Å². The van der Waals surface area contributed by atoms with Crippen molar-refractivity contribution < 1.29 is 91.9 Å². The van der Waals surface area contributed by atoms with Gasteiger partial charge in [0.15, 0.2) is 6.10 Å². The summed E-state index contributed by atoms with van der Waals surface area (Å²) in [5.74, 6) is -21.3. The fourth-order valence-corrected chi connectivity index (χ4v) is 10.1. The third-order valence-corrected chi connectivity index (χ3v) is 12.8. The van der Waals surface area contributed by atoms with Gasteiger partial charge in [0, 0.05) is 26.7 Å². The molecule has 0 aromatic carbocycles. The van der Waals surface area contributed by atoms with E-state index in [9.17, 15) is 65.2 Å². The van der Waals surface area contributed by atoms with Crippen LogP contribution in [-0.4, -0.2) is 121 Å². The Hall–Kier alpha value is -1.44. The predicted molar refractivity (Wildman–Crippen MR) is 135 cm³/mol. The molecule has 272 valence electrons. The number of halogens is 8. The second-order valence-corrected chi connectivity index (χ2v) is 17.4. The van der Waals surface area contributed by atoms with Crippen molar-refractivity contribution in [1.82, 2.24) is 0 Å². The molecule has 0 spiro atoms. The van der Waals surface area contributed by atoms with Gasteiger partial charge in [-0.05, 0) is 12.8 Å². The van der Waals surface area contributed by atoms with Crippen LogP contribution < -0.4 is 0 Å². The lowest BCUT2D eigenvalue weighted by atomic mass is 9.88. The highest BCUT2D eigenvalue weighted by molar-refractivity contribution is 7.88. The van der Waals surface area contributed by atoms with E-state index in [0.717, 1.165) is 0 Å². The van der Waals surface area contributed by atoms with E-state index in [1.807, 2.05) is 0 Å². The molecule has 0 radical (unpaired) electrons. The van der Waals surface area contributed by atoms with Crippen molar-refractivity contribution in [2.24, 2.45) is 5.92 Å². The van der Waals surface area contributed by atoms with Crippen LogP contribution in [0.3, 0.4) is 0 Å². The van der Waals surface area contributed by atoms with E-state index in [1.54, 1.807) is 0 Å². The van der Waals surface area contributed by atoms with Crippen LogP contribution in [0, 0.1) is 5.92 Å². The van der Waals surface area contributed by atoms with Crippen molar-refractivity contribution in [2.45, 2.75) is 117 Å². The molecule has 4 bridgehead atoms. The summed E-state index contributed by atoms with van der Waals surface area (Å²) in [6, 6.07) is 0. The Balaban J connectivity index is 0.000000185. The number of carbonyl (C=O) groups excluding carboxylic acids is 1. The monoisotopic (exact) mass is 760 g/mol. The van der Waals surface area contributed by atoms with Crippen LogP contribution in [-0.2, 0) is 61.9 Å². The average Bonchev–Trinajstić information content (AvgIpc) is 3.71. The second kappa shape index (κ2) is 11.5. The zero-order chi connectivity index (χ0) is 35.3. The number of fused-ring (bicyclic) bond motifs is 2. The second-order valence-electron chi connectivity index (χ2n) is 12.2. The molecule has 6 saturated heterocycles. The highest BCUT2D eigenvalue weighted by Crippen LogP contribution is 2.49. The number of carbonyl (C=O) groups is 1. The highest BCUT2D eigenvalue weighted by Gasteiger charge is 2.68. The molecule has 47 heavy (non-hydrogen) atoms. The standard InChI is InChI=1S/C12H14F4O6S.C11H14F4O7S2/c1-11(13,14)12(15,16)2-3-23(18,19)22-8-6-4-5-7(20-6)9(8)21-10(5)17;1-10(12,13)11(14,15)2-3-23(16,17)21-7-5-4-6-8(20-5)9(7)22-24(6,18)19/h5-9H,2-4H2,1H3;5-9H,2-4H2,1H3. The van der Waals surface area contributed by atoms with Crippen LogP contribution in [0.4, 0.5) is 35.1 Å². The first-order chi connectivity index (χ1) is 21.1. The summed E-state index contributed by atoms with van der Waals surface area (Å²) in [5.41, 5.74) is 0. The summed E-state index contributed by atoms with van der Waals surface area (Å²) < 4.78 is 204. The first-order valence-corrected chi connectivity index (χ1v) is 18.5. The molecule has 0 saturated carbocycles. The first kappa shape index (κ1) is 36.8. The molecule has 10 unspecified atom stereocenters. The van der Waals surface area contributed by atoms with E-state index in [4.69, 9.17) is 26.8 Å². The van der Waals surface area contributed by atoms with Crippen molar-refractivity contribution in [3.63, 3.8) is 0 Å². The van der Waals surface area contributed by atoms with Crippen molar-refractivity contribution >= 4 is 36.3 Å². The van der Waals surface area contributed by atoms with Crippen molar-refractivity contribution in [3.05, 3.63) is 0 Å². The molecule has 6 rings (SSSR count). The maximum Gasteiger partial charge on any atom is 0.312 e. The zero-order valence-corrected chi connectivity index (χ0v) is 26.5. The van der Waals surface area contributed by atoms with Gasteiger partial charge in [0.1, 0.15) is 35.8 Å². The number of ether oxygens (including phenoxy) is 3. The smallest absolute Gasteiger partial charge is 0.312 e. The van der Waals surface area contributed by atoms with E-state index in [2.05, 4.69) is 0 Å². The molecular formula is C23H28F8O13S3. The minimum Gasteiger partial charge on any atom is -0.456 e. The van der Waals surface area contributed by atoms with Crippen LogP contribution in [0.1, 0.15) is 39.5 Å². The SMILES string of the molecule is CC(F)(F)C(F)(F)CCS(=O)(=O)OC1C2CC3C(=O)OC1C3O2.CC(F)(F)C(F)(F)CCS(=O)(=O)OC1C2CC3C(O2)C1OS3(=O)=O. The molecule has 6 aliphatic rings. The summed E-state index contributed by atoms with van der Waals surface area (Å²) >= 11 is 0. The summed E-state index contributed by atoms with van der Waals surface area (Å²) in [4.78, 5) is 11.5. The summed E-state index contributed by atoms with van der Waals surface area (Å²) in [6.45, 7) is 0.00395. The van der Waals surface area contributed by atoms with Gasteiger partial charge in [-0.2, -0.15) is 42.8 Å². The van der Waals surface area contributed by atoms with Gasteiger partial charge in [-0.3, -0.25) is 17.3 Å². The molecule has 0 aromatic rings. The molecule has 13 nitrogen and oxygen atoms in total. The number of rotatable bonds is 12. The number of esters is 1. The van der Waals surface area contributed by atoms with Gasteiger partial charge in [0.2, 0.25) is 0 Å². The Bertz CT molecular complexity index is 1580. The minimum absolute atomic E-state index is 0.0123. The predicted octanol–water partition coefficient (Wildman–Crippen LogP) is 1.75. The molecule has 6 aliphatic heterocycles. The Kier molecular flexibility index (Phi) is 9.05. The van der Waals surface area contributed by atoms with Crippen LogP contribution in [0.2, 0.25) is 0 Å². The molecule has 10 atom stereocenters. The molecule has 0 amide bonds. The van der Waals surface area contributed by atoms with Gasteiger partial charge in [-0.15, -0.1) is 0 Å². The summed E-state index contributed by atoms with van der Waals surface area (Å²) in [6.07, 6.45) is -10.6. The van der Waals surface area contributed by atoms with Gasteiger partial charge in [-0.25, -0.2) is 17.6 Å². The van der Waals surface area contributed by atoms with E-state index >= 15 is 0 Å². The van der Waals surface area contributed by atoms with Gasteiger partial charge < -0.3 is 14.2 Å². The molecule has 0 aliphatic carbocycles. The van der Waals surface area contributed by atoms with Crippen LogP contribution in [0.25, 0.3) is 0 Å². The van der Waals surface area contributed by atoms with Crippen molar-refractivity contribution in [1.29, 1.82) is 0 Å². The van der Waals surface area contributed by atoms with E-state index in [1.165, 1.54) is 0 Å². The van der Waals surface area contributed by atoms with Crippen LogP contribution in [0.15, 0.2) is 0 Å². The normalized spacial score (nSPS) is 37.3. The average molecular weight is 761 g/mol. The molecule has 24 heteroatoms. The van der Waals surface area contributed by atoms with Crippen molar-refractivity contribution in [2.75, 3.05) is 11.5 Å². The molecule has 6 fully saturated rings. The zero-order valence-electron chi connectivity index (χ0n) is 24.1. The Labute approximate surface area is 262 Å². The third-order valence-electron chi connectivity index (χ3n) is 8.71. The fraction of sp³-hybridized carbons (Fsp3) is 0.957. The summed E-state index contributed by atoms with van der Waals surface area (Å²) in [7, 11) is -13.0. The number of alkyl halides is 8. The first-order valence-electron chi connectivity index (χ1n) is 13.9. The van der Waals surface area contributed by atoms with Gasteiger partial charge in [0.05, 0.1) is 29.6 Å². The fourth-order valence-electron chi connectivity index (χ4n) is 6.08. The van der Waals surface area contributed by atoms with E-state index < -0.39 is 144 Å². The van der Waals surface area contributed by atoms with E-state index in [0.29, 0.717) is 0 Å². The van der Waals surface area contributed by atoms with Gasteiger partial charge in [-0.1, -0.05) is 0 Å². The topological polar surface area (TPSA) is 175 Å². The van der Waals surface area contributed by atoms with Crippen molar-refractivity contribution in [3.8, 4) is 0 Å². The quantitative estimate of drug-likeness (QED) is 0.160. The lowest BCUT2D eigenvalue weighted by Crippen LogP contribution is -2.43. The molecule has 0 aromatic heterocycles. The lowest BCUT2D eigenvalue weighted by molar-refractivity contribution is -0.198. The third kappa shape index (κ3) is 6.98. The maximum absolute atomic E-state index is 13.2. The summed E-state index contributed by atoms with van der Waals surface area (Å²) in [5, 5.41) is -0.904. The van der Waals surface area contributed by atoms with Gasteiger partial charge >= 0.3 is 29.7 Å². The molecule has 6 heterocycles. The lowest BCUT2D eigenvalue weighted by Gasteiger charge is -2.24. The Morgan fingerprint density at radius 3 is 1.66 bits per heavy atom. The Morgan fingerprint density at radius 1 is 0.723 bits per heavy atom. The van der Waals surface area contributed by atoms with Crippen LogP contribution in [0.5, 0.6) is 0 Å². The molecule has 0 N–H and O–H groups in total. The Morgan fingerprint density at radius 2 is 1.17 bits per heavy atom. The highest BCUT2D eigenvalue weighted by atomic mass is 32.2. The number of hydrogen-bond acceptors (Lipinski definition) is 13. The van der Waals surface area contributed by atoms with E-state index in [-0.39, 0.29) is 26.7 Å². The van der Waals surface area contributed by atoms with Crippen LogP contribution >= 0.6 is 0 Å².